The molecule has 0 aliphatic carbocycles. The van der Waals surface area contributed by atoms with Gasteiger partial charge >= 0.3 is 17.9 Å². The molecule has 0 unspecified atom stereocenters. The summed E-state index contributed by atoms with van der Waals surface area (Å²) in [5.74, 6) is -4.86. The van der Waals surface area contributed by atoms with Crippen LogP contribution in [0, 0.1) is 5.92 Å². The second-order valence-electron chi connectivity index (χ2n) is 10.5. The summed E-state index contributed by atoms with van der Waals surface area (Å²) < 4.78 is 20.5. The molecule has 10 heteroatoms. The van der Waals surface area contributed by atoms with E-state index in [9.17, 15) is 24.3 Å². The van der Waals surface area contributed by atoms with Crippen LogP contribution in [0.4, 0.5) is 0 Å². The van der Waals surface area contributed by atoms with Crippen LogP contribution < -0.4 is 10.1 Å². The normalized spacial score (nSPS) is 14.8. The number of carbonyl (C=O) groups excluding carboxylic acids is 4. The van der Waals surface area contributed by atoms with Crippen LogP contribution in [0.15, 0.2) is 36.9 Å². The third kappa shape index (κ3) is 9.87. The van der Waals surface area contributed by atoms with Crippen molar-refractivity contribution in [1.82, 2.24) is 5.32 Å². The zero-order valence-corrected chi connectivity index (χ0v) is 22.9. The molecule has 0 heterocycles. The van der Waals surface area contributed by atoms with Crippen LogP contribution in [0.1, 0.15) is 53.5 Å². The molecule has 37 heavy (non-hydrogen) atoms. The fourth-order valence-corrected chi connectivity index (χ4v) is 3.41. The molecule has 0 bridgehead atoms. The van der Waals surface area contributed by atoms with Crippen molar-refractivity contribution >= 4 is 23.8 Å². The molecule has 3 atom stereocenters. The van der Waals surface area contributed by atoms with Gasteiger partial charge < -0.3 is 29.4 Å². The molecule has 0 aliphatic rings. The maximum Gasteiger partial charge on any atom is 0.339 e. The largest absolute Gasteiger partial charge is 0.488 e. The van der Waals surface area contributed by atoms with E-state index in [1.807, 2.05) is 20.8 Å². The molecule has 0 saturated carbocycles. The number of ether oxygens (including phenoxy) is 4. The van der Waals surface area contributed by atoms with Gasteiger partial charge in [0.2, 0.25) is 5.91 Å². The van der Waals surface area contributed by atoms with Crippen molar-refractivity contribution < 1.29 is 43.2 Å². The predicted molar refractivity (Wildman–Crippen MR) is 136 cm³/mol. The molecule has 10 nitrogen and oxygen atoms in total. The monoisotopic (exact) mass is 521 g/mol. The first-order valence-corrected chi connectivity index (χ1v) is 11.8. The highest BCUT2D eigenvalue weighted by Gasteiger charge is 2.50. The van der Waals surface area contributed by atoms with E-state index in [0.717, 1.165) is 20.3 Å². The molecule has 0 aliphatic heterocycles. The van der Waals surface area contributed by atoms with Gasteiger partial charge in [-0.3, -0.25) is 9.59 Å². The van der Waals surface area contributed by atoms with Gasteiger partial charge in [0.25, 0.3) is 0 Å². The van der Waals surface area contributed by atoms with Gasteiger partial charge in [0, 0.05) is 6.42 Å². The minimum Gasteiger partial charge on any atom is -0.488 e. The lowest BCUT2D eigenvalue weighted by Crippen LogP contribution is -2.56. The molecule has 1 aromatic carbocycles. The van der Waals surface area contributed by atoms with Crippen LogP contribution in [-0.4, -0.2) is 66.0 Å². The van der Waals surface area contributed by atoms with Gasteiger partial charge in [0.15, 0.2) is 5.60 Å². The highest BCUT2D eigenvalue weighted by molar-refractivity contribution is 5.95. The molecule has 2 N–H and O–H groups in total. The molecule has 0 spiro atoms. The Kier molecular flexibility index (Phi) is 10.9. The number of esters is 3. The molecule has 0 fully saturated rings. The zero-order chi connectivity index (χ0) is 28.6. The number of benzene rings is 1. The number of aliphatic hydroxyl groups is 1. The fraction of sp³-hybridized carbons (Fsp3) is 0.556. The summed E-state index contributed by atoms with van der Waals surface area (Å²) in [5.41, 5.74) is -3.17. The van der Waals surface area contributed by atoms with Gasteiger partial charge in [0.05, 0.1) is 26.6 Å². The SMILES string of the molecule is C=C[C@H](C(=O)N[C@@H](Cc1ccc(OC(C)(C)C)cc1)C(=O)OC(C)(C)C)[C@@](O)(CC(=O)OC)C(=O)OC. The lowest BCUT2D eigenvalue weighted by molar-refractivity contribution is -0.176. The van der Waals surface area contributed by atoms with Crippen molar-refractivity contribution in [2.75, 3.05) is 14.2 Å². The fourth-order valence-electron chi connectivity index (χ4n) is 3.41. The van der Waals surface area contributed by atoms with E-state index in [4.69, 9.17) is 9.47 Å². The first-order chi connectivity index (χ1) is 17.0. The van der Waals surface area contributed by atoms with Crippen molar-refractivity contribution in [2.45, 2.75) is 77.2 Å². The van der Waals surface area contributed by atoms with E-state index >= 15 is 0 Å². The molecule has 0 aromatic heterocycles. The summed E-state index contributed by atoms with van der Waals surface area (Å²) in [6.45, 7) is 14.3. The van der Waals surface area contributed by atoms with Crippen LogP contribution in [-0.2, 0) is 39.8 Å². The number of hydrogen-bond acceptors (Lipinski definition) is 9. The van der Waals surface area contributed by atoms with Crippen molar-refractivity contribution in [2.24, 2.45) is 5.92 Å². The lowest BCUT2D eigenvalue weighted by Gasteiger charge is -2.31. The quantitative estimate of drug-likeness (QED) is 0.256. The Morgan fingerprint density at radius 3 is 1.97 bits per heavy atom. The van der Waals surface area contributed by atoms with Crippen molar-refractivity contribution in [3.8, 4) is 5.75 Å². The van der Waals surface area contributed by atoms with Crippen LogP contribution in [0.2, 0.25) is 0 Å². The Balaban J connectivity index is 3.29. The summed E-state index contributed by atoms with van der Waals surface area (Å²) in [6, 6.07) is 5.79. The van der Waals surface area contributed by atoms with Gasteiger partial charge in [-0.1, -0.05) is 18.2 Å². The molecule has 206 valence electrons. The Bertz CT molecular complexity index is 973. The van der Waals surface area contributed by atoms with E-state index in [0.29, 0.717) is 11.3 Å². The van der Waals surface area contributed by atoms with Crippen LogP contribution in [0.3, 0.4) is 0 Å². The first-order valence-electron chi connectivity index (χ1n) is 11.8. The van der Waals surface area contributed by atoms with E-state index < -0.39 is 59.0 Å². The van der Waals surface area contributed by atoms with Crippen molar-refractivity contribution in [3.05, 3.63) is 42.5 Å². The summed E-state index contributed by atoms with van der Waals surface area (Å²) in [5, 5.41) is 13.6. The number of amides is 1. The van der Waals surface area contributed by atoms with Gasteiger partial charge in [0.1, 0.15) is 23.0 Å². The Hall–Kier alpha value is -3.40. The molecular formula is C27H39NO9. The third-order valence-corrected chi connectivity index (χ3v) is 5.01. The minimum absolute atomic E-state index is 0.0357. The van der Waals surface area contributed by atoms with Crippen LogP contribution in [0.5, 0.6) is 5.75 Å². The molecule has 1 rings (SSSR count). The van der Waals surface area contributed by atoms with Gasteiger partial charge in [-0.25, -0.2) is 9.59 Å². The van der Waals surface area contributed by atoms with Crippen molar-refractivity contribution in [1.29, 1.82) is 0 Å². The molecule has 0 radical (unpaired) electrons. The van der Waals surface area contributed by atoms with E-state index in [1.54, 1.807) is 45.0 Å². The summed E-state index contributed by atoms with van der Waals surface area (Å²) in [6.07, 6.45) is 0.167. The zero-order valence-electron chi connectivity index (χ0n) is 22.9. The van der Waals surface area contributed by atoms with Crippen LogP contribution in [0.25, 0.3) is 0 Å². The van der Waals surface area contributed by atoms with E-state index in [1.165, 1.54) is 0 Å². The van der Waals surface area contributed by atoms with E-state index in [2.05, 4.69) is 21.4 Å². The molecule has 1 amide bonds. The highest BCUT2D eigenvalue weighted by Crippen LogP contribution is 2.27. The number of methoxy groups -OCH3 is 2. The first kappa shape index (κ1) is 31.6. The second-order valence-corrected chi connectivity index (χ2v) is 10.5. The molecular weight excluding hydrogens is 482 g/mol. The number of hydrogen-bond donors (Lipinski definition) is 2. The lowest BCUT2D eigenvalue weighted by atomic mass is 9.83. The average Bonchev–Trinajstić information content (AvgIpc) is 2.77. The topological polar surface area (TPSA) is 137 Å². The number of carbonyl (C=O) groups is 4. The highest BCUT2D eigenvalue weighted by atomic mass is 16.6. The molecule has 1 aromatic rings. The second kappa shape index (κ2) is 12.7. The smallest absolute Gasteiger partial charge is 0.339 e. The summed E-state index contributed by atoms with van der Waals surface area (Å²) in [7, 11) is 2.07. The van der Waals surface area contributed by atoms with Gasteiger partial charge in [-0.2, -0.15) is 0 Å². The molecule has 0 saturated heterocycles. The van der Waals surface area contributed by atoms with Gasteiger partial charge in [-0.15, -0.1) is 6.58 Å². The maximum absolute atomic E-state index is 13.3. The van der Waals surface area contributed by atoms with E-state index in [-0.39, 0.29) is 6.42 Å². The average molecular weight is 522 g/mol. The summed E-state index contributed by atoms with van der Waals surface area (Å²) >= 11 is 0. The third-order valence-electron chi connectivity index (χ3n) is 5.01. The standard InChI is InChI=1S/C27H39NO9/c1-10-19(27(33,24(32)35-9)16-21(29)34-8)22(30)28-20(23(31)37-26(5,6)7)15-17-11-13-18(14-12-17)36-25(2,3)4/h10-14,19-20,33H,1,15-16H2,2-9H3,(H,28,30)/t19-,20+,27+/m1/s1. The summed E-state index contributed by atoms with van der Waals surface area (Å²) in [4.78, 5) is 50.6. The van der Waals surface area contributed by atoms with Gasteiger partial charge in [-0.05, 0) is 59.2 Å². The predicted octanol–water partition coefficient (Wildman–Crippen LogP) is 2.50. The number of nitrogens with one attached hydrogen (secondary N) is 1. The Morgan fingerprint density at radius 2 is 1.54 bits per heavy atom. The minimum atomic E-state index is -2.61. The Labute approximate surface area is 218 Å². The Morgan fingerprint density at radius 1 is 0.973 bits per heavy atom. The maximum atomic E-state index is 13.3. The van der Waals surface area contributed by atoms with Crippen LogP contribution >= 0.6 is 0 Å². The number of rotatable bonds is 11. The van der Waals surface area contributed by atoms with Crippen molar-refractivity contribution in [3.63, 3.8) is 0 Å².